The molecule has 2 fully saturated rings. The molecule has 2 aliphatic rings. The van der Waals surface area contributed by atoms with Gasteiger partial charge in [-0.05, 0) is 38.0 Å². The van der Waals surface area contributed by atoms with Crippen molar-refractivity contribution >= 4 is 22.5 Å². The van der Waals surface area contributed by atoms with Crippen molar-refractivity contribution in [1.82, 2.24) is 29.8 Å². The number of imidazole rings is 1. The first-order valence-electron chi connectivity index (χ1n) is 9.69. The molecule has 1 N–H and O–H groups in total. The molecule has 0 radical (unpaired) electrons. The Morgan fingerprint density at radius 3 is 2.75 bits per heavy atom. The molecule has 0 aliphatic carbocycles. The fraction of sp³-hybridized carbons (Fsp3) is 0.400. The maximum absolute atomic E-state index is 5.44. The van der Waals surface area contributed by atoms with E-state index in [9.17, 15) is 0 Å². The lowest BCUT2D eigenvalue weighted by molar-refractivity contribution is -0.124. The van der Waals surface area contributed by atoms with Crippen LogP contribution < -0.4 is 4.90 Å². The molecule has 8 nitrogen and oxygen atoms in total. The van der Waals surface area contributed by atoms with Crippen molar-refractivity contribution in [2.75, 3.05) is 31.2 Å². The summed E-state index contributed by atoms with van der Waals surface area (Å²) in [7, 11) is 0. The third kappa shape index (κ3) is 2.34. The van der Waals surface area contributed by atoms with Crippen molar-refractivity contribution in [3.8, 4) is 11.3 Å². The number of piperidine rings is 1. The van der Waals surface area contributed by atoms with Gasteiger partial charge in [0.2, 0.25) is 0 Å². The molecule has 142 valence electrons. The molecule has 1 spiro atoms. The standard InChI is InChI=1S/C20H21N7O/c1-13-15-8-14(9-22-19(15)24-23-13)16-10-21-17-2-3-18(25-27(16)17)26-6-4-20(5-7-26)11-28-12-20/h2-3,8-10H,4-7,11-12H2,1H3,(H,22,23,24). The van der Waals surface area contributed by atoms with Gasteiger partial charge >= 0.3 is 0 Å². The third-order valence-corrected chi connectivity index (χ3v) is 6.22. The molecule has 28 heavy (non-hydrogen) atoms. The Bertz CT molecular complexity index is 1180. The Morgan fingerprint density at radius 1 is 1.11 bits per heavy atom. The molecule has 4 aromatic heterocycles. The number of aryl methyl sites for hydroxylation is 1. The van der Waals surface area contributed by atoms with E-state index in [0.29, 0.717) is 5.41 Å². The average Bonchev–Trinajstić information content (AvgIpc) is 3.30. The number of ether oxygens (including phenoxy) is 1. The molecule has 0 atom stereocenters. The maximum atomic E-state index is 5.44. The Balaban J connectivity index is 1.37. The van der Waals surface area contributed by atoms with E-state index < -0.39 is 0 Å². The molecule has 2 saturated heterocycles. The predicted molar refractivity (Wildman–Crippen MR) is 105 cm³/mol. The van der Waals surface area contributed by atoms with Gasteiger partial charge in [-0.1, -0.05) is 0 Å². The monoisotopic (exact) mass is 375 g/mol. The van der Waals surface area contributed by atoms with Crippen molar-refractivity contribution in [2.24, 2.45) is 5.41 Å². The van der Waals surface area contributed by atoms with E-state index in [2.05, 4.69) is 37.2 Å². The van der Waals surface area contributed by atoms with Crippen LogP contribution in [-0.2, 0) is 4.74 Å². The zero-order valence-electron chi connectivity index (χ0n) is 15.7. The lowest BCUT2D eigenvalue weighted by atomic mass is 9.77. The molecular formula is C20H21N7O. The van der Waals surface area contributed by atoms with Crippen molar-refractivity contribution < 1.29 is 4.74 Å². The smallest absolute Gasteiger partial charge is 0.155 e. The highest BCUT2D eigenvalue weighted by Crippen LogP contribution is 2.39. The van der Waals surface area contributed by atoms with Gasteiger partial charge < -0.3 is 9.64 Å². The summed E-state index contributed by atoms with van der Waals surface area (Å²) >= 11 is 0. The van der Waals surface area contributed by atoms with Crippen molar-refractivity contribution in [2.45, 2.75) is 19.8 Å². The number of nitrogens with zero attached hydrogens (tertiary/aromatic N) is 6. The van der Waals surface area contributed by atoms with Crippen LogP contribution in [0.25, 0.3) is 27.9 Å². The topological polar surface area (TPSA) is 84.2 Å². The number of aromatic nitrogens is 6. The van der Waals surface area contributed by atoms with Crippen LogP contribution in [0.15, 0.2) is 30.6 Å². The average molecular weight is 375 g/mol. The summed E-state index contributed by atoms with van der Waals surface area (Å²) in [5, 5.41) is 13.1. The largest absolute Gasteiger partial charge is 0.380 e. The van der Waals surface area contributed by atoms with Crippen LogP contribution in [0, 0.1) is 12.3 Å². The molecule has 6 heterocycles. The van der Waals surface area contributed by atoms with Gasteiger partial charge in [-0.15, -0.1) is 5.10 Å². The molecule has 4 aromatic rings. The third-order valence-electron chi connectivity index (χ3n) is 6.22. The van der Waals surface area contributed by atoms with Gasteiger partial charge in [0.15, 0.2) is 11.3 Å². The molecule has 0 saturated carbocycles. The van der Waals surface area contributed by atoms with E-state index in [-0.39, 0.29) is 0 Å². The van der Waals surface area contributed by atoms with E-state index >= 15 is 0 Å². The lowest BCUT2D eigenvalue weighted by Crippen LogP contribution is -2.51. The number of rotatable bonds is 2. The molecule has 6 rings (SSSR count). The predicted octanol–water partition coefficient (Wildman–Crippen LogP) is 2.59. The molecule has 0 amide bonds. The van der Waals surface area contributed by atoms with Gasteiger partial charge in [-0.3, -0.25) is 5.10 Å². The van der Waals surface area contributed by atoms with Crippen LogP contribution in [0.5, 0.6) is 0 Å². The van der Waals surface area contributed by atoms with E-state index in [0.717, 1.165) is 65.8 Å². The normalized spacial score (nSPS) is 18.8. The van der Waals surface area contributed by atoms with Crippen molar-refractivity contribution in [1.29, 1.82) is 0 Å². The quantitative estimate of drug-likeness (QED) is 0.580. The van der Waals surface area contributed by atoms with E-state index in [1.165, 1.54) is 12.8 Å². The minimum atomic E-state index is 0.421. The fourth-order valence-electron chi connectivity index (χ4n) is 4.29. The van der Waals surface area contributed by atoms with Gasteiger partial charge in [0.25, 0.3) is 0 Å². The van der Waals surface area contributed by atoms with Crippen LogP contribution in [0.4, 0.5) is 5.82 Å². The van der Waals surface area contributed by atoms with Crippen LogP contribution >= 0.6 is 0 Å². The first kappa shape index (κ1) is 16.0. The second-order valence-electron chi connectivity index (χ2n) is 8.01. The number of nitrogens with one attached hydrogen (secondary N) is 1. The van der Waals surface area contributed by atoms with Crippen molar-refractivity contribution in [3.05, 3.63) is 36.3 Å². The summed E-state index contributed by atoms with van der Waals surface area (Å²) in [6.07, 6.45) is 6.05. The van der Waals surface area contributed by atoms with E-state index in [1.54, 1.807) is 0 Å². The number of hydrogen-bond acceptors (Lipinski definition) is 6. The fourth-order valence-corrected chi connectivity index (χ4v) is 4.29. The van der Waals surface area contributed by atoms with E-state index in [4.69, 9.17) is 9.84 Å². The Morgan fingerprint density at radius 2 is 1.96 bits per heavy atom. The highest BCUT2D eigenvalue weighted by molar-refractivity contribution is 5.82. The first-order chi connectivity index (χ1) is 13.7. The Kier molecular flexibility index (Phi) is 3.28. The summed E-state index contributed by atoms with van der Waals surface area (Å²) in [6, 6.07) is 6.21. The SMILES string of the molecule is Cc1n[nH]c2ncc(-c3cnc4ccc(N5CCC6(CC5)COC6)nn34)cc12. The zero-order chi connectivity index (χ0) is 18.7. The van der Waals surface area contributed by atoms with Gasteiger partial charge in [0.1, 0.15) is 5.82 Å². The van der Waals surface area contributed by atoms with Crippen molar-refractivity contribution in [3.63, 3.8) is 0 Å². The van der Waals surface area contributed by atoms with Gasteiger partial charge in [0.05, 0.1) is 30.8 Å². The summed E-state index contributed by atoms with van der Waals surface area (Å²) in [5.74, 6) is 0.996. The number of hydrogen-bond donors (Lipinski definition) is 1. The highest BCUT2D eigenvalue weighted by atomic mass is 16.5. The number of pyridine rings is 1. The van der Waals surface area contributed by atoms with Gasteiger partial charge in [-0.25, -0.2) is 14.5 Å². The Labute approximate surface area is 161 Å². The summed E-state index contributed by atoms with van der Waals surface area (Å²) < 4.78 is 7.36. The highest BCUT2D eigenvalue weighted by Gasteiger charge is 2.41. The summed E-state index contributed by atoms with van der Waals surface area (Å²) in [6.45, 7) is 5.86. The lowest BCUT2D eigenvalue weighted by Gasteiger charge is -2.47. The molecule has 8 heteroatoms. The molecule has 2 aliphatic heterocycles. The Hall–Kier alpha value is -3.00. The number of aromatic amines is 1. The molecule has 0 unspecified atom stereocenters. The number of anilines is 1. The number of fused-ring (bicyclic) bond motifs is 2. The summed E-state index contributed by atoms with van der Waals surface area (Å²) in [4.78, 5) is 11.4. The second kappa shape index (κ2) is 5.75. The van der Waals surface area contributed by atoms with E-state index in [1.807, 2.05) is 29.9 Å². The van der Waals surface area contributed by atoms with Crippen LogP contribution in [-0.4, -0.2) is 56.1 Å². The molecule has 0 bridgehead atoms. The minimum Gasteiger partial charge on any atom is -0.380 e. The minimum absolute atomic E-state index is 0.421. The number of H-pyrrole nitrogens is 1. The van der Waals surface area contributed by atoms with Crippen LogP contribution in [0.3, 0.4) is 0 Å². The van der Waals surface area contributed by atoms with Crippen LogP contribution in [0.1, 0.15) is 18.5 Å². The van der Waals surface area contributed by atoms with Crippen LogP contribution in [0.2, 0.25) is 0 Å². The first-order valence-corrected chi connectivity index (χ1v) is 9.69. The zero-order valence-corrected chi connectivity index (χ0v) is 15.7. The summed E-state index contributed by atoms with van der Waals surface area (Å²) in [5.41, 5.74) is 4.92. The van der Waals surface area contributed by atoms with Gasteiger partial charge in [0, 0.05) is 35.7 Å². The molecule has 0 aromatic carbocycles. The maximum Gasteiger partial charge on any atom is 0.155 e. The molecular weight excluding hydrogens is 354 g/mol. The second-order valence-corrected chi connectivity index (χ2v) is 8.01. The van der Waals surface area contributed by atoms with Gasteiger partial charge in [-0.2, -0.15) is 5.10 Å².